The van der Waals surface area contributed by atoms with Gasteiger partial charge in [0, 0.05) is 6.54 Å². The van der Waals surface area contributed by atoms with Crippen LogP contribution in [0.15, 0.2) is 48.5 Å². The largest absolute Gasteiger partial charge is 0.346 e. The van der Waals surface area contributed by atoms with Gasteiger partial charge >= 0.3 is 0 Å². The second-order valence-corrected chi connectivity index (χ2v) is 7.56. The first kappa shape index (κ1) is 20.1. The van der Waals surface area contributed by atoms with Gasteiger partial charge in [0.2, 0.25) is 5.91 Å². The van der Waals surface area contributed by atoms with Gasteiger partial charge < -0.3 is 9.88 Å². The minimum absolute atomic E-state index is 0.0337. The lowest BCUT2D eigenvalue weighted by molar-refractivity contribution is -0.121. The van der Waals surface area contributed by atoms with Crippen LogP contribution in [0.4, 0.5) is 0 Å². The quantitative estimate of drug-likeness (QED) is 0.511. The van der Waals surface area contributed by atoms with Crippen molar-refractivity contribution < 1.29 is 4.79 Å². The number of benzene rings is 2. The fourth-order valence-corrected chi connectivity index (χ4v) is 3.69. The minimum Gasteiger partial charge on any atom is -0.346 e. The summed E-state index contributed by atoms with van der Waals surface area (Å²) in [5.74, 6) is 0.974. The van der Waals surface area contributed by atoms with Crippen molar-refractivity contribution in [2.24, 2.45) is 0 Å². The maximum Gasteiger partial charge on any atom is 0.225 e. The first-order valence-electron chi connectivity index (χ1n) is 10.4. The molecular formula is C24H31N3O. The molecule has 1 atom stereocenters. The Morgan fingerprint density at radius 3 is 2.61 bits per heavy atom. The first-order chi connectivity index (χ1) is 13.6. The number of imidazole rings is 1. The van der Waals surface area contributed by atoms with E-state index in [1.165, 1.54) is 19.3 Å². The van der Waals surface area contributed by atoms with E-state index >= 15 is 0 Å². The molecule has 0 fully saturated rings. The van der Waals surface area contributed by atoms with E-state index in [4.69, 9.17) is 4.98 Å². The molecule has 0 aliphatic heterocycles. The van der Waals surface area contributed by atoms with Crippen molar-refractivity contribution in [3.05, 3.63) is 65.5 Å². The molecule has 0 saturated heterocycles. The molecule has 3 aromatic rings. The molecule has 1 heterocycles. The standard InChI is InChI=1S/C24H31N3O/c1-4-5-6-11-16-27-22-15-10-9-14-21(22)26-24(27)19(3)25-23(28)17-20-13-8-7-12-18(20)2/h7-10,12-15,19H,4-6,11,16-17H2,1-3H3,(H,25,28). The van der Waals surface area contributed by atoms with Gasteiger partial charge in [-0.3, -0.25) is 4.79 Å². The highest BCUT2D eigenvalue weighted by atomic mass is 16.1. The highest BCUT2D eigenvalue weighted by Gasteiger charge is 2.18. The fraction of sp³-hybridized carbons (Fsp3) is 0.417. The molecule has 1 aromatic heterocycles. The third-order valence-electron chi connectivity index (χ3n) is 5.30. The maximum absolute atomic E-state index is 12.6. The Morgan fingerprint density at radius 2 is 1.82 bits per heavy atom. The Balaban J connectivity index is 1.75. The average Bonchev–Trinajstić information content (AvgIpc) is 3.06. The summed E-state index contributed by atoms with van der Waals surface area (Å²) < 4.78 is 2.28. The molecule has 1 unspecified atom stereocenters. The van der Waals surface area contributed by atoms with Gasteiger partial charge in [-0.1, -0.05) is 62.6 Å². The van der Waals surface area contributed by atoms with Gasteiger partial charge in [0.05, 0.1) is 23.5 Å². The summed E-state index contributed by atoms with van der Waals surface area (Å²) in [5.41, 5.74) is 4.36. The molecule has 28 heavy (non-hydrogen) atoms. The molecule has 3 rings (SSSR count). The van der Waals surface area contributed by atoms with Crippen LogP contribution in [0.2, 0.25) is 0 Å². The number of aromatic nitrogens is 2. The monoisotopic (exact) mass is 377 g/mol. The zero-order valence-electron chi connectivity index (χ0n) is 17.2. The number of para-hydroxylation sites is 2. The van der Waals surface area contributed by atoms with Crippen molar-refractivity contribution in [2.75, 3.05) is 0 Å². The lowest BCUT2D eigenvalue weighted by Gasteiger charge is -2.17. The van der Waals surface area contributed by atoms with Crippen LogP contribution in [0.5, 0.6) is 0 Å². The van der Waals surface area contributed by atoms with E-state index in [1.54, 1.807) is 0 Å². The highest BCUT2D eigenvalue weighted by Crippen LogP contribution is 2.22. The number of hydrogen-bond donors (Lipinski definition) is 1. The maximum atomic E-state index is 12.6. The van der Waals surface area contributed by atoms with Crippen molar-refractivity contribution in [1.29, 1.82) is 0 Å². The number of carbonyl (C=O) groups excluding carboxylic acids is 1. The second-order valence-electron chi connectivity index (χ2n) is 7.56. The second kappa shape index (κ2) is 9.54. The summed E-state index contributed by atoms with van der Waals surface area (Å²) in [5, 5.41) is 3.15. The fourth-order valence-electron chi connectivity index (χ4n) is 3.69. The van der Waals surface area contributed by atoms with Crippen LogP contribution >= 0.6 is 0 Å². The van der Waals surface area contributed by atoms with Gasteiger partial charge in [0.1, 0.15) is 5.82 Å². The molecule has 4 heteroatoms. The van der Waals surface area contributed by atoms with Crippen LogP contribution in [0.25, 0.3) is 11.0 Å². The third kappa shape index (κ3) is 4.80. The Hall–Kier alpha value is -2.62. The van der Waals surface area contributed by atoms with E-state index in [9.17, 15) is 4.79 Å². The molecule has 0 aliphatic rings. The van der Waals surface area contributed by atoms with Gasteiger partial charge in [-0.2, -0.15) is 0 Å². The SMILES string of the molecule is CCCCCCn1c(C(C)NC(=O)Cc2ccccc2C)nc2ccccc21. The third-order valence-corrected chi connectivity index (χ3v) is 5.30. The number of hydrogen-bond acceptors (Lipinski definition) is 2. The van der Waals surface area contributed by atoms with E-state index in [0.29, 0.717) is 6.42 Å². The summed E-state index contributed by atoms with van der Waals surface area (Å²) in [4.78, 5) is 17.5. The molecule has 0 aliphatic carbocycles. The zero-order valence-corrected chi connectivity index (χ0v) is 17.2. The first-order valence-corrected chi connectivity index (χ1v) is 10.4. The molecular weight excluding hydrogens is 346 g/mol. The highest BCUT2D eigenvalue weighted by molar-refractivity contribution is 5.80. The molecule has 4 nitrogen and oxygen atoms in total. The van der Waals surface area contributed by atoms with Gasteiger partial charge in [-0.25, -0.2) is 4.98 Å². The Morgan fingerprint density at radius 1 is 1.07 bits per heavy atom. The average molecular weight is 378 g/mol. The molecule has 0 radical (unpaired) electrons. The van der Waals surface area contributed by atoms with Gasteiger partial charge in [-0.05, 0) is 43.5 Å². The number of amides is 1. The Kier molecular flexibility index (Phi) is 6.85. The number of unbranched alkanes of at least 4 members (excludes halogenated alkanes) is 3. The zero-order chi connectivity index (χ0) is 19.9. The number of nitrogens with one attached hydrogen (secondary N) is 1. The lowest BCUT2D eigenvalue weighted by atomic mass is 10.1. The van der Waals surface area contributed by atoms with Crippen molar-refractivity contribution in [1.82, 2.24) is 14.9 Å². The van der Waals surface area contributed by atoms with Crippen molar-refractivity contribution >= 4 is 16.9 Å². The molecule has 0 spiro atoms. The van der Waals surface area contributed by atoms with E-state index in [2.05, 4.69) is 28.9 Å². The summed E-state index contributed by atoms with van der Waals surface area (Å²) in [7, 11) is 0. The van der Waals surface area contributed by atoms with Crippen LogP contribution in [0, 0.1) is 6.92 Å². The number of carbonyl (C=O) groups is 1. The molecule has 148 valence electrons. The van der Waals surface area contributed by atoms with Crippen molar-refractivity contribution in [3.8, 4) is 0 Å². The van der Waals surface area contributed by atoms with E-state index in [-0.39, 0.29) is 11.9 Å². The number of fused-ring (bicyclic) bond motifs is 1. The van der Waals surface area contributed by atoms with Crippen LogP contribution in [-0.2, 0) is 17.8 Å². The number of aryl methyl sites for hydroxylation is 2. The van der Waals surface area contributed by atoms with Gasteiger partial charge in [-0.15, -0.1) is 0 Å². The summed E-state index contributed by atoms with van der Waals surface area (Å²) >= 11 is 0. The van der Waals surface area contributed by atoms with Crippen LogP contribution in [0.1, 0.15) is 62.5 Å². The molecule has 2 aromatic carbocycles. The van der Waals surface area contributed by atoms with Crippen LogP contribution in [0.3, 0.4) is 0 Å². The summed E-state index contributed by atoms with van der Waals surface area (Å²) in [6, 6.07) is 16.1. The van der Waals surface area contributed by atoms with Gasteiger partial charge in [0.25, 0.3) is 0 Å². The van der Waals surface area contributed by atoms with E-state index < -0.39 is 0 Å². The smallest absolute Gasteiger partial charge is 0.225 e. The number of rotatable bonds is 9. The molecule has 0 saturated carbocycles. The van der Waals surface area contributed by atoms with Gasteiger partial charge in [0.15, 0.2) is 0 Å². The Bertz CT molecular complexity index is 928. The predicted octanol–water partition coefficient (Wildman–Crippen LogP) is 5.34. The normalized spacial score (nSPS) is 12.2. The number of nitrogens with zero attached hydrogens (tertiary/aromatic N) is 2. The summed E-state index contributed by atoms with van der Waals surface area (Å²) in [6.45, 7) is 7.24. The van der Waals surface area contributed by atoms with E-state index in [0.717, 1.165) is 41.0 Å². The Labute approximate surface area is 168 Å². The topological polar surface area (TPSA) is 46.9 Å². The molecule has 1 N–H and O–H groups in total. The minimum atomic E-state index is -0.130. The predicted molar refractivity (Wildman–Crippen MR) is 115 cm³/mol. The van der Waals surface area contributed by atoms with Crippen molar-refractivity contribution in [2.45, 2.75) is 65.5 Å². The van der Waals surface area contributed by atoms with E-state index in [1.807, 2.05) is 50.2 Å². The van der Waals surface area contributed by atoms with Crippen LogP contribution in [-0.4, -0.2) is 15.5 Å². The lowest BCUT2D eigenvalue weighted by Crippen LogP contribution is -2.30. The molecule has 0 bridgehead atoms. The summed E-state index contributed by atoms with van der Waals surface area (Å²) in [6.07, 6.45) is 5.23. The van der Waals surface area contributed by atoms with Crippen LogP contribution < -0.4 is 5.32 Å². The molecule has 1 amide bonds. The van der Waals surface area contributed by atoms with Crippen molar-refractivity contribution in [3.63, 3.8) is 0 Å².